The Kier molecular flexibility index (Phi) is 3.85. The molecule has 2 nitrogen and oxygen atoms in total. The molecule has 1 aliphatic rings. The maximum Gasteiger partial charge on any atom is 0.125 e. The second kappa shape index (κ2) is 5.37. The fraction of sp³-hybridized carbons (Fsp3) is 0.467. The fourth-order valence-corrected chi connectivity index (χ4v) is 2.16. The molecule has 1 unspecified atom stereocenters. The highest BCUT2D eigenvalue weighted by atomic mass is 16.5. The van der Waals surface area contributed by atoms with E-state index in [1.54, 1.807) is 0 Å². The van der Waals surface area contributed by atoms with Gasteiger partial charge in [-0.2, -0.15) is 0 Å². The SMILES string of the molecule is Cc1ccc([C@@H](C)N)c(OC2C=CCCC2)c1. The van der Waals surface area contributed by atoms with Crippen molar-refractivity contribution in [2.24, 2.45) is 5.73 Å². The normalized spacial score (nSPS) is 21.2. The summed E-state index contributed by atoms with van der Waals surface area (Å²) < 4.78 is 6.06. The van der Waals surface area contributed by atoms with Gasteiger partial charge in [0.15, 0.2) is 0 Å². The van der Waals surface area contributed by atoms with E-state index in [9.17, 15) is 0 Å². The van der Waals surface area contributed by atoms with Crippen molar-refractivity contribution in [3.05, 3.63) is 41.5 Å². The smallest absolute Gasteiger partial charge is 0.125 e. The van der Waals surface area contributed by atoms with E-state index in [2.05, 4.69) is 37.3 Å². The van der Waals surface area contributed by atoms with Crippen LogP contribution in [0.4, 0.5) is 0 Å². The van der Waals surface area contributed by atoms with Crippen LogP contribution >= 0.6 is 0 Å². The zero-order valence-corrected chi connectivity index (χ0v) is 10.6. The molecule has 1 aliphatic carbocycles. The average Bonchev–Trinajstić information content (AvgIpc) is 2.30. The lowest BCUT2D eigenvalue weighted by molar-refractivity contribution is 0.227. The van der Waals surface area contributed by atoms with Gasteiger partial charge in [-0.1, -0.05) is 18.2 Å². The minimum Gasteiger partial charge on any atom is -0.486 e. The van der Waals surface area contributed by atoms with Gasteiger partial charge >= 0.3 is 0 Å². The molecule has 17 heavy (non-hydrogen) atoms. The molecule has 1 aromatic rings. The minimum atomic E-state index is 0.0122. The average molecular weight is 231 g/mol. The highest BCUT2D eigenvalue weighted by molar-refractivity contribution is 5.39. The van der Waals surface area contributed by atoms with Crippen LogP contribution in [0.3, 0.4) is 0 Å². The molecule has 0 saturated carbocycles. The van der Waals surface area contributed by atoms with Crippen molar-refractivity contribution >= 4 is 0 Å². The largest absolute Gasteiger partial charge is 0.486 e. The van der Waals surface area contributed by atoms with E-state index in [0.717, 1.165) is 17.7 Å². The van der Waals surface area contributed by atoms with Crippen molar-refractivity contribution in [2.75, 3.05) is 0 Å². The third-order valence-corrected chi connectivity index (χ3v) is 3.15. The predicted molar refractivity (Wildman–Crippen MR) is 71.2 cm³/mol. The van der Waals surface area contributed by atoms with Crippen LogP contribution in [0, 0.1) is 6.92 Å². The van der Waals surface area contributed by atoms with Crippen molar-refractivity contribution in [1.82, 2.24) is 0 Å². The number of nitrogens with two attached hydrogens (primary N) is 1. The molecular formula is C15H21NO. The first-order valence-electron chi connectivity index (χ1n) is 6.36. The first-order chi connectivity index (χ1) is 8.16. The second-order valence-corrected chi connectivity index (χ2v) is 4.85. The Morgan fingerprint density at radius 3 is 2.88 bits per heavy atom. The number of allylic oxidation sites excluding steroid dienone is 1. The molecule has 0 saturated heterocycles. The maximum absolute atomic E-state index is 6.06. The lowest BCUT2D eigenvalue weighted by atomic mass is 10.0. The summed E-state index contributed by atoms with van der Waals surface area (Å²) in [5.41, 5.74) is 8.28. The van der Waals surface area contributed by atoms with Crippen LogP contribution in [0.2, 0.25) is 0 Å². The van der Waals surface area contributed by atoms with Gasteiger partial charge in [0.05, 0.1) is 0 Å². The molecule has 0 amide bonds. The van der Waals surface area contributed by atoms with Crippen LogP contribution in [-0.2, 0) is 0 Å². The van der Waals surface area contributed by atoms with E-state index in [-0.39, 0.29) is 12.1 Å². The first-order valence-corrected chi connectivity index (χ1v) is 6.36. The van der Waals surface area contributed by atoms with E-state index in [4.69, 9.17) is 10.5 Å². The molecule has 2 heteroatoms. The predicted octanol–water partition coefficient (Wildman–Crippen LogP) is 3.50. The first kappa shape index (κ1) is 12.2. The zero-order chi connectivity index (χ0) is 12.3. The van der Waals surface area contributed by atoms with E-state index >= 15 is 0 Å². The van der Waals surface area contributed by atoms with Crippen molar-refractivity contribution in [1.29, 1.82) is 0 Å². The summed E-state index contributed by atoms with van der Waals surface area (Å²) in [5.74, 6) is 0.941. The highest BCUT2D eigenvalue weighted by Crippen LogP contribution is 2.28. The van der Waals surface area contributed by atoms with Crippen molar-refractivity contribution in [2.45, 2.75) is 45.3 Å². The molecule has 0 spiro atoms. The van der Waals surface area contributed by atoms with Crippen LogP contribution in [0.5, 0.6) is 5.75 Å². The Bertz CT molecular complexity index is 409. The maximum atomic E-state index is 6.06. The molecule has 0 heterocycles. The molecule has 0 aliphatic heterocycles. The van der Waals surface area contributed by atoms with Gasteiger partial charge in [-0.25, -0.2) is 0 Å². The number of benzene rings is 1. The Labute approximate surface area is 103 Å². The summed E-state index contributed by atoms with van der Waals surface area (Å²) in [6.45, 7) is 4.07. The van der Waals surface area contributed by atoms with Crippen LogP contribution in [0.25, 0.3) is 0 Å². The molecule has 92 valence electrons. The zero-order valence-electron chi connectivity index (χ0n) is 10.6. The molecular weight excluding hydrogens is 210 g/mol. The lowest BCUT2D eigenvalue weighted by Crippen LogP contribution is -2.18. The van der Waals surface area contributed by atoms with Gasteiger partial charge in [0.1, 0.15) is 11.9 Å². The summed E-state index contributed by atoms with van der Waals surface area (Å²) >= 11 is 0. The number of hydrogen-bond acceptors (Lipinski definition) is 2. The summed E-state index contributed by atoms with van der Waals surface area (Å²) in [6, 6.07) is 6.25. The summed E-state index contributed by atoms with van der Waals surface area (Å²) in [7, 11) is 0. The Hall–Kier alpha value is -1.28. The Balaban J connectivity index is 2.20. The molecule has 0 fully saturated rings. The van der Waals surface area contributed by atoms with Gasteiger partial charge in [-0.3, -0.25) is 0 Å². The number of hydrogen-bond donors (Lipinski definition) is 1. The molecule has 2 N–H and O–H groups in total. The van der Waals surface area contributed by atoms with E-state index < -0.39 is 0 Å². The topological polar surface area (TPSA) is 35.2 Å². The molecule has 2 rings (SSSR count). The molecule has 0 radical (unpaired) electrons. The molecule has 0 bridgehead atoms. The van der Waals surface area contributed by atoms with Crippen molar-refractivity contribution in [3.63, 3.8) is 0 Å². The quantitative estimate of drug-likeness (QED) is 0.808. The summed E-state index contributed by atoms with van der Waals surface area (Å²) in [5, 5.41) is 0. The fourth-order valence-electron chi connectivity index (χ4n) is 2.16. The van der Waals surface area contributed by atoms with Crippen LogP contribution in [0.15, 0.2) is 30.4 Å². The molecule has 0 aromatic heterocycles. The Morgan fingerprint density at radius 1 is 1.41 bits per heavy atom. The van der Waals surface area contributed by atoms with Gasteiger partial charge in [-0.15, -0.1) is 0 Å². The van der Waals surface area contributed by atoms with Crippen LogP contribution in [0.1, 0.15) is 43.4 Å². The highest BCUT2D eigenvalue weighted by Gasteiger charge is 2.14. The van der Waals surface area contributed by atoms with E-state index in [0.29, 0.717) is 0 Å². The third-order valence-electron chi connectivity index (χ3n) is 3.15. The van der Waals surface area contributed by atoms with Gasteiger partial charge < -0.3 is 10.5 Å². The number of rotatable bonds is 3. The molecule has 2 atom stereocenters. The van der Waals surface area contributed by atoms with Crippen LogP contribution < -0.4 is 10.5 Å². The number of aryl methyl sites for hydroxylation is 1. The van der Waals surface area contributed by atoms with E-state index in [1.165, 1.54) is 18.4 Å². The monoisotopic (exact) mass is 231 g/mol. The second-order valence-electron chi connectivity index (χ2n) is 4.85. The van der Waals surface area contributed by atoms with Gasteiger partial charge in [0.2, 0.25) is 0 Å². The summed E-state index contributed by atoms with van der Waals surface area (Å²) in [6.07, 6.45) is 8.06. The van der Waals surface area contributed by atoms with Crippen molar-refractivity contribution < 1.29 is 4.74 Å². The van der Waals surface area contributed by atoms with Crippen LogP contribution in [-0.4, -0.2) is 6.10 Å². The Morgan fingerprint density at radius 2 is 2.24 bits per heavy atom. The molecule has 1 aromatic carbocycles. The summed E-state index contributed by atoms with van der Waals surface area (Å²) in [4.78, 5) is 0. The van der Waals surface area contributed by atoms with Gasteiger partial charge in [0, 0.05) is 11.6 Å². The van der Waals surface area contributed by atoms with E-state index in [1.807, 2.05) is 6.92 Å². The third kappa shape index (κ3) is 3.10. The standard InChI is InChI=1S/C15H21NO/c1-11-8-9-14(12(2)16)15(10-11)17-13-6-4-3-5-7-13/h4,6,8-10,12-13H,3,5,7,16H2,1-2H3/t12-,13?/m1/s1. The van der Waals surface area contributed by atoms with Gasteiger partial charge in [-0.05, 0) is 50.8 Å². The van der Waals surface area contributed by atoms with Crippen molar-refractivity contribution in [3.8, 4) is 5.75 Å². The number of ether oxygens (including phenoxy) is 1. The minimum absolute atomic E-state index is 0.0122. The lowest BCUT2D eigenvalue weighted by Gasteiger charge is -2.22. The van der Waals surface area contributed by atoms with Gasteiger partial charge in [0.25, 0.3) is 0 Å².